The summed E-state index contributed by atoms with van der Waals surface area (Å²) in [5, 5.41) is 6.75. The van der Waals surface area contributed by atoms with Crippen LogP contribution in [0, 0.1) is 11.8 Å². The van der Waals surface area contributed by atoms with Crippen molar-refractivity contribution in [1.29, 1.82) is 0 Å². The monoisotopic (exact) mass is 240 g/mol. The maximum Gasteiger partial charge on any atom is 0.191 e. The third kappa shape index (κ3) is 5.91. The van der Waals surface area contributed by atoms with E-state index in [0.717, 1.165) is 31.5 Å². The van der Waals surface area contributed by atoms with E-state index in [1.807, 2.05) is 0 Å². The molecular formula is C13H28N4. The number of aliphatic imine (C=N–C) groups is 1. The minimum absolute atomic E-state index is 0.614. The smallest absolute Gasteiger partial charge is 0.191 e. The average Bonchev–Trinajstić information content (AvgIpc) is 2.68. The summed E-state index contributed by atoms with van der Waals surface area (Å²) in [6.07, 6.45) is 1.30. The van der Waals surface area contributed by atoms with Crippen molar-refractivity contribution in [3.8, 4) is 0 Å². The highest BCUT2D eigenvalue weighted by atomic mass is 15.2. The zero-order valence-corrected chi connectivity index (χ0v) is 11.8. The topological polar surface area (TPSA) is 39.7 Å². The van der Waals surface area contributed by atoms with E-state index in [1.54, 1.807) is 0 Å². The molecule has 4 heteroatoms. The molecule has 0 aromatic rings. The van der Waals surface area contributed by atoms with Crippen LogP contribution in [-0.2, 0) is 0 Å². The predicted molar refractivity (Wildman–Crippen MR) is 74.4 cm³/mol. The van der Waals surface area contributed by atoms with Gasteiger partial charge in [-0.15, -0.1) is 0 Å². The van der Waals surface area contributed by atoms with Gasteiger partial charge in [0.2, 0.25) is 0 Å². The van der Waals surface area contributed by atoms with Crippen LogP contribution in [-0.4, -0.2) is 50.6 Å². The molecule has 1 aliphatic rings. The predicted octanol–water partition coefficient (Wildman–Crippen LogP) is 1.15. The van der Waals surface area contributed by atoms with Gasteiger partial charge in [-0.25, -0.2) is 0 Å². The Morgan fingerprint density at radius 2 is 2.18 bits per heavy atom. The molecule has 0 aliphatic carbocycles. The molecule has 0 bridgehead atoms. The Balaban J connectivity index is 2.30. The lowest BCUT2D eigenvalue weighted by atomic mass is 10.1. The van der Waals surface area contributed by atoms with E-state index in [9.17, 15) is 0 Å². The van der Waals surface area contributed by atoms with Gasteiger partial charge in [-0.3, -0.25) is 4.99 Å². The molecule has 1 atom stereocenters. The number of likely N-dealkylation sites (tertiary alicyclic amines) is 1. The number of rotatable bonds is 5. The Labute approximate surface area is 106 Å². The Morgan fingerprint density at radius 3 is 2.71 bits per heavy atom. The Hall–Kier alpha value is -0.770. The van der Waals surface area contributed by atoms with E-state index in [4.69, 9.17) is 0 Å². The summed E-state index contributed by atoms with van der Waals surface area (Å²) in [4.78, 5) is 6.97. The minimum atomic E-state index is 0.614. The highest BCUT2D eigenvalue weighted by molar-refractivity contribution is 5.79. The van der Waals surface area contributed by atoms with E-state index in [0.29, 0.717) is 5.92 Å². The van der Waals surface area contributed by atoms with Crippen LogP contribution in [0.3, 0.4) is 0 Å². The van der Waals surface area contributed by atoms with Crippen LogP contribution >= 0.6 is 0 Å². The van der Waals surface area contributed by atoms with Gasteiger partial charge in [0.15, 0.2) is 5.96 Å². The molecule has 1 fully saturated rings. The van der Waals surface area contributed by atoms with Crippen LogP contribution in [0.5, 0.6) is 0 Å². The lowest BCUT2D eigenvalue weighted by molar-refractivity contribution is 0.394. The second kappa shape index (κ2) is 7.54. The molecule has 0 aromatic heterocycles. The molecule has 0 amide bonds. The fraction of sp³-hybridized carbons (Fsp3) is 0.923. The molecule has 2 N–H and O–H groups in total. The normalized spacial score (nSPS) is 22.2. The van der Waals surface area contributed by atoms with Crippen LogP contribution < -0.4 is 10.6 Å². The molecule has 1 aliphatic heterocycles. The number of nitrogens with one attached hydrogen (secondary N) is 2. The zero-order chi connectivity index (χ0) is 12.7. The minimum Gasteiger partial charge on any atom is -0.357 e. The van der Waals surface area contributed by atoms with Crippen LogP contribution in [0.15, 0.2) is 4.99 Å². The first kappa shape index (κ1) is 14.3. The summed E-state index contributed by atoms with van der Waals surface area (Å²) in [6.45, 7) is 11.8. The largest absolute Gasteiger partial charge is 0.357 e. The van der Waals surface area contributed by atoms with E-state index in [2.05, 4.69) is 48.3 Å². The van der Waals surface area contributed by atoms with Crippen LogP contribution in [0.4, 0.5) is 0 Å². The quantitative estimate of drug-likeness (QED) is 0.559. The standard InChI is InChI=1S/C13H28N4/c1-5-14-13(15-8-11(2)3)16-9-12-6-7-17(4)10-12/h11-12H,5-10H2,1-4H3,(H2,14,15,16). The van der Waals surface area contributed by atoms with E-state index in [-0.39, 0.29) is 0 Å². The second-order valence-electron chi connectivity index (χ2n) is 5.41. The molecule has 4 nitrogen and oxygen atoms in total. The number of nitrogens with zero attached hydrogens (tertiary/aromatic N) is 2. The van der Waals surface area contributed by atoms with Crippen molar-refractivity contribution in [3.63, 3.8) is 0 Å². The summed E-state index contributed by atoms with van der Waals surface area (Å²) in [5.74, 6) is 2.35. The molecule has 1 rings (SSSR count). The van der Waals surface area contributed by atoms with Gasteiger partial charge in [-0.1, -0.05) is 13.8 Å². The maximum absolute atomic E-state index is 4.57. The van der Waals surface area contributed by atoms with Crippen molar-refractivity contribution < 1.29 is 0 Å². The molecule has 17 heavy (non-hydrogen) atoms. The van der Waals surface area contributed by atoms with Crippen LogP contribution in [0.25, 0.3) is 0 Å². The van der Waals surface area contributed by atoms with E-state index >= 15 is 0 Å². The molecule has 100 valence electrons. The van der Waals surface area contributed by atoms with Crippen LogP contribution in [0.1, 0.15) is 27.2 Å². The number of hydrogen-bond acceptors (Lipinski definition) is 2. The van der Waals surface area contributed by atoms with Crippen molar-refractivity contribution in [1.82, 2.24) is 15.5 Å². The molecule has 0 radical (unpaired) electrons. The fourth-order valence-corrected chi connectivity index (χ4v) is 2.05. The van der Waals surface area contributed by atoms with Gasteiger partial charge in [0.05, 0.1) is 0 Å². The first-order valence-corrected chi connectivity index (χ1v) is 6.82. The Morgan fingerprint density at radius 1 is 1.41 bits per heavy atom. The first-order chi connectivity index (χ1) is 8.11. The third-order valence-electron chi connectivity index (χ3n) is 3.01. The summed E-state index contributed by atoms with van der Waals surface area (Å²) in [7, 11) is 2.19. The highest BCUT2D eigenvalue weighted by Gasteiger charge is 2.19. The molecule has 0 aromatic carbocycles. The zero-order valence-electron chi connectivity index (χ0n) is 11.8. The van der Waals surface area contributed by atoms with Gasteiger partial charge < -0.3 is 15.5 Å². The Bertz CT molecular complexity index is 238. The molecule has 1 heterocycles. The fourth-order valence-electron chi connectivity index (χ4n) is 2.05. The number of hydrogen-bond donors (Lipinski definition) is 2. The Kier molecular flexibility index (Phi) is 6.34. The van der Waals surface area contributed by atoms with E-state index in [1.165, 1.54) is 19.5 Å². The lowest BCUT2D eigenvalue weighted by Crippen LogP contribution is -2.40. The average molecular weight is 240 g/mol. The highest BCUT2D eigenvalue weighted by Crippen LogP contribution is 2.12. The summed E-state index contributed by atoms with van der Waals surface area (Å²) in [6, 6.07) is 0. The second-order valence-corrected chi connectivity index (χ2v) is 5.41. The van der Waals surface area contributed by atoms with Gasteiger partial charge in [-0.05, 0) is 38.8 Å². The van der Waals surface area contributed by atoms with Gasteiger partial charge in [0, 0.05) is 26.2 Å². The summed E-state index contributed by atoms with van der Waals surface area (Å²) < 4.78 is 0. The van der Waals surface area contributed by atoms with Crippen LogP contribution in [0.2, 0.25) is 0 Å². The van der Waals surface area contributed by atoms with Crippen molar-refractivity contribution >= 4 is 5.96 Å². The van der Waals surface area contributed by atoms with Crippen molar-refractivity contribution in [2.45, 2.75) is 27.2 Å². The first-order valence-electron chi connectivity index (χ1n) is 6.82. The van der Waals surface area contributed by atoms with Crippen molar-refractivity contribution in [2.75, 3.05) is 39.8 Å². The molecular weight excluding hydrogens is 212 g/mol. The van der Waals surface area contributed by atoms with E-state index < -0.39 is 0 Å². The third-order valence-corrected chi connectivity index (χ3v) is 3.01. The van der Waals surface area contributed by atoms with Gasteiger partial charge >= 0.3 is 0 Å². The summed E-state index contributed by atoms with van der Waals surface area (Å²) in [5.41, 5.74) is 0. The molecule has 1 unspecified atom stereocenters. The van der Waals surface area contributed by atoms with Crippen molar-refractivity contribution in [3.05, 3.63) is 0 Å². The van der Waals surface area contributed by atoms with Gasteiger partial charge in [0.25, 0.3) is 0 Å². The van der Waals surface area contributed by atoms with Gasteiger partial charge in [-0.2, -0.15) is 0 Å². The lowest BCUT2D eigenvalue weighted by Gasteiger charge is -2.15. The molecule has 0 saturated carbocycles. The number of guanidine groups is 1. The molecule has 1 saturated heterocycles. The maximum atomic E-state index is 4.57. The molecule has 0 spiro atoms. The van der Waals surface area contributed by atoms with Gasteiger partial charge in [0.1, 0.15) is 0 Å². The SMILES string of the molecule is CCNC(=NCC(C)C)NCC1CCN(C)C1. The van der Waals surface area contributed by atoms with Crippen molar-refractivity contribution in [2.24, 2.45) is 16.8 Å². The summed E-state index contributed by atoms with van der Waals surface area (Å²) >= 11 is 0.